The first-order valence-corrected chi connectivity index (χ1v) is 19.2. The van der Waals surface area contributed by atoms with Gasteiger partial charge in [-0.2, -0.15) is 0 Å². The first kappa shape index (κ1) is 45.9. The van der Waals surface area contributed by atoms with Crippen molar-refractivity contribution < 1.29 is 91.2 Å². The summed E-state index contributed by atoms with van der Waals surface area (Å²) in [5, 5.41) is 25.8. The summed E-state index contributed by atoms with van der Waals surface area (Å²) >= 11 is 0. The Hall–Kier alpha value is -5.21. The van der Waals surface area contributed by atoms with E-state index in [2.05, 4.69) is 4.98 Å². The molecule has 2 saturated carbocycles. The number of rotatable bonds is 8. The van der Waals surface area contributed by atoms with Crippen LogP contribution in [0.5, 0.6) is 0 Å². The largest absolute Gasteiger partial charge is 0.465 e. The van der Waals surface area contributed by atoms with E-state index in [1.807, 2.05) is 0 Å². The van der Waals surface area contributed by atoms with Gasteiger partial charge in [0.2, 0.25) is 5.60 Å². The highest BCUT2D eigenvalue weighted by Gasteiger charge is 2.91. The summed E-state index contributed by atoms with van der Waals surface area (Å²) in [5.74, 6) is -12.2. The van der Waals surface area contributed by atoms with Crippen molar-refractivity contribution in [1.29, 1.82) is 0 Å². The number of pyridine rings is 1. The Labute approximate surface area is 344 Å². The summed E-state index contributed by atoms with van der Waals surface area (Å²) in [4.78, 5) is 112. The first-order valence-electron chi connectivity index (χ1n) is 19.2. The third-order valence-corrected chi connectivity index (χ3v) is 12.0. The third kappa shape index (κ3) is 7.35. The first-order chi connectivity index (χ1) is 27.7. The highest BCUT2D eigenvalue weighted by molar-refractivity contribution is 5.91. The van der Waals surface area contributed by atoms with Crippen molar-refractivity contribution >= 4 is 47.8 Å². The maximum Gasteiger partial charge on any atom is 0.350 e. The molecular formula is C40H51NO19. The van der Waals surface area contributed by atoms with Gasteiger partial charge in [-0.15, -0.1) is 0 Å². The van der Waals surface area contributed by atoms with Gasteiger partial charge in [-0.3, -0.25) is 33.8 Å². The predicted octanol–water partition coefficient (Wildman–Crippen LogP) is 0.785. The van der Waals surface area contributed by atoms with E-state index in [1.165, 1.54) is 32.2 Å². The number of fused-ring (bicyclic) bond motifs is 5. The van der Waals surface area contributed by atoms with Crippen LogP contribution in [-0.4, -0.2) is 135 Å². The van der Waals surface area contributed by atoms with Crippen LogP contribution in [-0.2, 0) is 76.2 Å². The monoisotopic (exact) mass is 849 g/mol. The quantitative estimate of drug-likeness (QED) is 0.270. The maximum atomic E-state index is 14.3. The summed E-state index contributed by atoms with van der Waals surface area (Å²) in [6.07, 6.45) is -11.5. The normalized spacial score (nSPS) is 37.2. The van der Waals surface area contributed by atoms with Gasteiger partial charge in [0.1, 0.15) is 54.2 Å². The molecule has 1 aromatic heterocycles. The predicted molar refractivity (Wildman–Crippen MR) is 196 cm³/mol. The standard InChI is InChI=1S/C40H51NO19/c1-17-18(2)33(48)57-30-27(47)31(56-22(6)45)39(16-52-19(3)42)32(58-35(50)36(8,9)59-23(7)46)28(54-20(4)43)25-29(55-21(5)44)40(39,38(30,11)51)60-37(25,10)15-53-34(49)24-13-12-14-41-26(17)24/h12-14,17-18,25,27-32,47,51H,15-16H2,1-11H3/t17-,18-,25-,27+,28+,29+,30+,31-,32-,37-,38+,39-,40+/m0/s1. The number of cyclic esters (lactones) is 1. The Bertz CT molecular complexity index is 1960. The average molecular weight is 850 g/mol. The topological polar surface area (TPSA) is 273 Å². The molecule has 20 nitrogen and oxygen atoms in total. The molecule has 1 aromatic rings. The zero-order valence-electron chi connectivity index (χ0n) is 35.1. The summed E-state index contributed by atoms with van der Waals surface area (Å²) < 4.78 is 53.7. The van der Waals surface area contributed by atoms with Crippen molar-refractivity contribution in [3.8, 4) is 0 Å². The van der Waals surface area contributed by atoms with E-state index >= 15 is 0 Å². The molecule has 1 saturated heterocycles. The number of esters is 8. The minimum absolute atomic E-state index is 0.0663. The lowest BCUT2D eigenvalue weighted by Crippen LogP contribution is -2.89. The van der Waals surface area contributed by atoms with Crippen molar-refractivity contribution in [2.24, 2.45) is 17.3 Å². The number of nitrogens with zero attached hydrogens (tertiary/aromatic N) is 1. The lowest BCUT2D eigenvalue weighted by molar-refractivity contribution is -0.387. The SMILES string of the molecule is CC(=O)OC[C@@]12[C@@H](OC(C)=O)[C@H](O)[C@H]3OC(=O)[C@@H](C)[C@H](C)c4ncccc4C(=O)OC[C@]4(C)O[C@]1([C@H](OC(C)=O)[C@@H]4[C@@H](OC(C)=O)[C@@H]2OC(=O)C(C)(C)OC(C)=O)[C@]3(C)O. The molecule has 330 valence electrons. The molecule has 0 radical (unpaired) electrons. The van der Waals surface area contributed by atoms with Crippen LogP contribution in [0.4, 0.5) is 0 Å². The van der Waals surface area contributed by atoms with Gasteiger partial charge in [-0.1, -0.05) is 13.8 Å². The molecule has 3 fully saturated rings. The molecule has 20 heteroatoms. The fraction of sp³-hybridized carbons (Fsp3) is 0.675. The Morgan fingerprint density at radius 1 is 0.850 bits per heavy atom. The number of hydrogen-bond acceptors (Lipinski definition) is 20. The second kappa shape index (κ2) is 16.0. The fourth-order valence-electron chi connectivity index (χ4n) is 9.44. The van der Waals surface area contributed by atoms with E-state index in [0.717, 1.165) is 55.4 Å². The van der Waals surface area contributed by atoms with Crippen molar-refractivity contribution in [2.45, 2.75) is 141 Å². The van der Waals surface area contributed by atoms with Crippen molar-refractivity contribution in [1.82, 2.24) is 4.98 Å². The van der Waals surface area contributed by atoms with Crippen LogP contribution >= 0.6 is 0 Å². The number of aliphatic hydroxyl groups excluding tert-OH is 1. The van der Waals surface area contributed by atoms with Crippen LogP contribution in [0.15, 0.2) is 18.3 Å². The second-order valence-corrected chi connectivity index (χ2v) is 16.6. The molecule has 2 aliphatic carbocycles. The number of carbonyl (C=O) groups is 8. The smallest absolute Gasteiger partial charge is 0.350 e. The Morgan fingerprint density at radius 2 is 1.45 bits per heavy atom. The number of aliphatic hydroxyl groups is 2. The van der Waals surface area contributed by atoms with Gasteiger partial charge in [0, 0.05) is 46.7 Å². The highest BCUT2D eigenvalue weighted by Crippen LogP contribution is 2.70. The van der Waals surface area contributed by atoms with Crippen LogP contribution < -0.4 is 0 Å². The molecule has 1 spiro atoms. The average Bonchev–Trinajstić information content (AvgIpc) is 3.35. The zero-order valence-corrected chi connectivity index (χ0v) is 35.1. The molecule has 0 aromatic carbocycles. The summed E-state index contributed by atoms with van der Waals surface area (Å²) in [5.41, 5.74) is -12.7. The number of hydrogen-bond donors (Lipinski definition) is 2. The van der Waals surface area contributed by atoms with Crippen LogP contribution in [0.1, 0.15) is 98.1 Å². The van der Waals surface area contributed by atoms with Crippen LogP contribution in [0.2, 0.25) is 0 Å². The van der Waals surface area contributed by atoms with E-state index in [0.29, 0.717) is 0 Å². The fourth-order valence-corrected chi connectivity index (χ4v) is 9.44. The minimum Gasteiger partial charge on any atom is -0.465 e. The van der Waals surface area contributed by atoms with Crippen LogP contribution in [0, 0.1) is 17.3 Å². The Kier molecular flexibility index (Phi) is 12.2. The molecule has 4 bridgehead atoms. The minimum atomic E-state index is -2.89. The Morgan fingerprint density at radius 3 is 2.02 bits per heavy atom. The second-order valence-electron chi connectivity index (χ2n) is 16.6. The highest BCUT2D eigenvalue weighted by atomic mass is 16.7. The van der Waals surface area contributed by atoms with Crippen molar-refractivity contribution in [2.75, 3.05) is 13.2 Å². The van der Waals surface area contributed by atoms with Gasteiger partial charge in [0.15, 0.2) is 17.8 Å². The molecule has 2 aliphatic heterocycles. The summed E-state index contributed by atoms with van der Waals surface area (Å²) in [6.45, 7) is 10.6. The van der Waals surface area contributed by atoms with Crippen molar-refractivity contribution in [3.05, 3.63) is 29.6 Å². The third-order valence-electron chi connectivity index (χ3n) is 12.0. The number of carbonyl (C=O) groups excluding carboxylic acids is 8. The maximum absolute atomic E-state index is 14.3. The van der Waals surface area contributed by atoms with Gasteiger partial charge >= 0.3 is 47.8 Å². The summed E-state index contributed by atoms with van der Waals surface area (Å²) in [6, 6.07) is 2.86. The van der Waals surface area contributed by atoms with E-state index in [1.54, 1.807) is 6.92 Å². The molecule has 4 aliphatic rings. The molecule has 0 unspecified atom stereocenters. The van der Waals surface area contributed by atoms with E-state index in [4.69, 9.17) is 42.6 Å². The van der Waals surface area contributed by atoms with Gasteiger partial charge in [-0.25, -0.2) is 9.59 Å². The molecule has 13 atom stereocenters. The van der Waals surface area contributed by atoms with Crippen molar-refractivity contribution in [3.63, 3.8) is 0 Å². The number of aromatic nitrogens is 1. The molecule has 2 N–H and O–H groups in total. The van der Waals surface area contributed by atoms with E-state index < -0.39 is 143 Å². The summed E-state index contributed by atoms with van der Waals surface area (Å²) in [7, 11) is 0. The van der Waals surface area contributed by atoms with Crippen LogP contribution in [0.3, 0.4) is 0 Å². The lowest BCUT2D eigenvalue weighted by Gasteiger charge is -2.67. The molecule has 0 amide bonds. The lowest BCUT2D eigenvalue weighted by atomic mass is 9.45. The van der Waals surface area contributed by atoms with Gasteiger partial charge in [0.05, 0.1) is 23.1 Å². The van der Waals surface area contributed by atoms with Crippen LogP contribution in [0.25, 0.3) is 0 Å². The molecule has 3 heterocycles. The molecular weight excluding hydrogens is 798 g/mol. The van der Waals surface area contributed by atoms with Gasteiger partial charge in [0.25, 0.3) is 0 Å². The Balaban J connectivity index is 1.98. The van der Waals surface area contributed by atoms with Gasteiger partial charge in [-0.05, 0) is 39.8 Å². The number of ether oxygens (including phenoxy) is 9. The van der Waals surface area contributed by atoms with Gasteiger partial charge < -0.3 is 52.8 Å². The van der Waals surface area contributed by atoms with E-state index in [-0.39, 0.29) is 11.3 Å². The molecule has 5 rings (SSSR count). The zero-order chi connectivity index (χ0) is 45.1. The molecule has 60 heavy (non-hydrogen) atoms. The van der Waals surface area contributed by atoms with E-state index in [9.17, 15) is 48.6 Å².